The van der Waals surface area contributed by atoms with Crippen molar-refractivity contribution in [2.45, 2.75) is 38.1 Å². The zero-order chi connectivity index (χ0) is 13.5. The van der Waals surface area contributed by atoms with Crippen LogP contribution in [0.25, 0.3) is 0 Å². The minimum Gasteiger partial charge on any atom is -0.388 e. The summed E-state index contributed by atoms with van der Waals surface area (Å²) in [7, 11) is 1.88. The van der Waals surface area contributed by atoms with Crippen LogP contribution in [0.15, 0.2) is 24.3 Å². The molecule has 0 spiro atoms. The van der Waals surface area contributed by atoms with E-state index >= 15 is 0 Å². The Morgan fingerprint density at radius 3 is 2.68 bits per heavy atom. The van der Waals surface area contributed by atoms with Crippen molar-refractivity contribution >= 4 is 17.3 Å². The largest absolute Gasteiger partial charge is 0.388 e. The summed E-state index contributed by atoms with van der Waals surface area (Å²) in [5.74, 6) is 0.0850. The van der Waals surface area contributed by atoms with Gasteiger partial charge in [0.15, 0.2) is 0 Å². The van der Waals surface area contributed by atoms with Crippen molar-refractivity contribution < 1.29 is 4.79 Å². The van der Waals surface area contributed by atoms with E-state index in [1.54, 1.807) is 0 Å². The molecule has 4 nitrogen and oxygen atoms in total. The molecular formula is C15H23N3O. The fourth-order valence-electron chi connectivity index (χ4n) is 2.49. The van der Waals surface area contributed by atoms with E-state index in [0.717, 1.165) is 24.2 Å². The van der Waals surface area contributed by atoms with Gasteiger partial charge in [-0.1, -0.05) is 25.3 Å². The molecule has 1 aliphatic carbocycles. The van der Waals surface area contributed by atoms with Crippen molar-refractivity contribution in [3.8, 4) is 0 Å². The lowest BCUT2D eigenvalue weighted by Crippen LogP contribution is -2.39. The fraction of sp³-hybridized carbons (Fsp3) is 0.533. The third-order valence-electron chi connectivity index (χ3n) is 3.57. The quantitative estimate of drug-likeness (QED) is 0.763. The third-order valence-corrected chi connectivity index (χ3v) is 3.57. The third kappa shape index (κ3) is 4.47. The van der Waals surface area contributed by atoms with Gasteiger partial charge in [-0.15, -0.1) is 0 Å². The molecule has 0 bridgehead atoms. The summed E-state index contributed by atoms with van der Waals surface area (Å²) in [4.78, 5) is 11.8. The van der Waals surface area contributed by atoms with Crippen LogP contribution < -0.4 is 16.0 Å². The molecule has 4 heteroatoms. The van der Waals surface area contributed by atoms with Gasteiger partial charge in [-0.25, -0.2) is 0 Å². The van der Waals surface area contributed by atoms with Crippen molar-refractivity contribution in [3.63, 3.8) is 0 Å². The predicted molar refractivity (Wildman–Crippen MR) is 79.5 cm³/mol. The van der Waals surface area contributed by atoms with Gasteiger partial charge in [0.25, 0.3) is 0 Å². The summed E-state index contributed by atoms with van der Waals surface area (Å²) >= 11 is 0. The topological polar surface area (TPSA) is 53.2 Å². The Bertz CT molecular complexity index is 414. The summed E-state index contributed by atoms with van der Waals surface area (Å²) in [5, 5.41) is 9.34. The number of nitrogens with one attached hydrogen (secondary N) is 3. The highest BCUT2D eigenvalue weighted by atomic mass is 16.1. The number of carbonyl (C=O) groups excluding carboxylic acids is 1. The van der Waals surface area contributed by atoms with E-state index < -0.39 is 0 Å². The number of benzene rings is 1. The lowest BCUT2D eigenvalue weighted by atomic mass is 9.95. The molecule has 1 saturated carbocycles. The maximum Gasteiger partial charge on any atom is 0.239 e. The maximum atomic E-state index is 11.8. The van der Waals surface area contributed by atoms with E-state index in [0.29, 0.717) is 12.6 Å². The smallest absolute Gasteiger partial charge is 0.239 e. The van der Waals surface area contributed by atoms with Crippen LogP contribution in [-0.2, 0) is 4.79 Å². The lowest BCUT2D eigenvalue weighted by molar-refractivity contribution is -0.120. The Morgan fingerprint density at radius 1 is 1.21 bits per heavy atom. The number of amides is 1. The van der Waals surface area contributed by atoms with Gasteiger partial charge < -0.3 is 16.0 Å². The molecule has 1 aliphatic rings. The molecular weight excluding hydrogens is 238 g/mol. The average Bonchev–Trinajstić information content (AvgIpc) is 2.46. The van der Waals surface area contributed by atoms with Gasteiger partial charge in [0.1, 0.15) is 0 Å². The van der Waals surface area contributed by atoms with Crippen molar-refractivity contribution in [2.75, 3.05) is 24.2 Å². The molecule has 2 rings (SSSR count). The highest BCUT2D eigenvalue weighted by Gasteiger charge is 2.15. The van der Waals surface area contributed by atoms with Crippen LogP contribution in [0.4, 0.5) is 11.4 Å². The predicted octanol–water partition coefficient (Wildman–Crippen LogP) is 2.59. The van der Waals surface area contributed by atoms with E-state index in [2.05, 4.69) is 16.0 Å². The maximum absolute atomic E-state index is 11.8. The highest BCUT2D eigenvalue weighted by molar-refractivity contribution is 5.81. The van der Waals surface area contributed by atoms with Crippen molar-refractivity contribution in [1.29, 1.82) is 0 Å². The van der Waals surface area contributed by atoms with Crippen LogP contribution in [0.2, 0.25) is 0 Å². The van der Waals surface area contributed by atoms with Crippen LogP contribution in [0.1, 0.15) is 32.1 Å². The van der Waals surface area contributed by atoms with Gasteiger partial charge >= 0.3 is 0 Å². The summed E-state index contributed by atoms with van der Waals surface area (Å²) in [6, 6.07) is 8.30. The van der Waals surface area contributed by atoms with Crippen LogP contribution in [0.3, 0.4) is 0 Å². The molecule has 0 aliphatic heterocycles. The van der Waals surface area contributed by atoms with Crippen molar-refractivity contribution in [3.05, 3.63) is 24.3 Å². The zero-order valence-corrected chi connectivity index (χ0v) is 11.5. The first-order chi connectivity index (χ1) is 9.28. The second kappa shape index (κ2) is 7.02. The van der Waals surface area contributed by atoms with E-state index in [9.17, 15) is 4.79 Å². The lowest BCUT2D eigenvalue weighted by Gasteiger charge is -2.22. The highest BCUT2D eigenvalue weighted by Crippen LogP contribution is 2.17. The van der Waals surface area contributed by atoms with Gasteiger partial charge in [0.2, 0.25) is 5.91 Å². The van der Waals surface area contributed by atoms with E-state index in [4.69, 9.17) is 0 Å². The van der Waals surface area contributed by atoms with Gasteiger partial charge in [0, 0.05) is 24.5 Å². The number of rotatable bonds is 5. The van der Waals surface area contributed by atoms with Gasteiger partial charge in [-0.3, -0.25) is 4.79 Å². The summed E-state index contributed by atoms with van der Waals surface area (Å²) in [5.41, 5.74) is 2.00. The number of anilines is 2. The summed E-state index contributed by atoms with van der Waals surface area (Å²) in [6.07, 6.45) is 6.04. The van der Waals surface area contributed by atoms with E-state index in [1.807, 2.05) is 31.3 Å². The summed E-state index contributed by atoms with van der Waals surface area (Å²) < 4.78 is 0. The molecule has 0 radical (unpaired) electrons. The Kier molecular flexibility index (Phi) is 5.07. The minimum absolute atomic E-state index is 0.0850. The normalized spacial score (nSPS) is 15.8. The molecule has 3 N–H and O–H groups in total. The molecule has 1 aromatic carbocycles. The second-order valence-corrected chi connectivity index (χ2v) is 5.09. The number of hydrogen-bond donors (Lipinski definition) is 3. The molecule has 0 atom stereocenters. The average molecular weight is 261 g/mol. The Hall–Kier alpha value is -1.71. The molecule has 104 valence electrons. The Balaban J connectivity index is 1.76. The molecule has 1 aromatic rings. The molecule has 0 unspecified atom stereocenters. The molecule has 19 heavy (non-hydrogen) atoms. The Morgan fingerprint density at radius 2 is 1.95 bits per heavy atom. The fourth-order valence-corrected chi connectivity index (χ4v) is 2.49. The first kappa shape index (κ1) is 13.7. The Labute approximate surface area is 115 Å². The molecule has 1 fully saturated rings. The van der Waals surface area contributed by atoms with Crippen LogP contribution in [-0.4, -0.2) is 25.5 Å². The first-order valence-corrected chi connectivity index (χ1v) is 7.09. The van der Waals surface area contributed by atoms with Crippen molar-refractivity contribution in [2.24, 2.45) is 0 Å². The number of hydrogen-bond acceptors (Lipinski definition) is 3. The molecule has 1 amide bonds. The van der Waals surface area contributed by atoms with Gasteiger partial charge in [-0.05, 0) is 31.0 Å². The summed E-state index contributed by atoms with van der Waals surface area (Å²) in [6.45, 7) is 0.337. The monoisotopic (exact) mass is 261 g/mol. The van der Waals surface area contributed by atoms with E-state index in [1.165, 1.54) is 19.3 Å². The second-order valence-electron chi connectivity index (χ2n) is 5.09. The van der Waals surface area contributed by atoms with E-state index in [-0.39, 0.29) is 5.91 Å². The first-order valence-electron chi connectivity index (χ1n) is 7.09. The van der Waals surface area contributed by atoms with Crippen LogP contribution in [0.5, 0.6) is 0 Å². The van der Waals surface area contributed by atoms with Gasteiger partial charge in [-0.2, -0.15) is 0 Å². The SMILES string of the molecule is CNc1cccc(NCC(=O)NC2CCCCC2)c1. The molecule has 0 heterocycles. The number of carbonyl (C=O) groups is 1. The minimum atomic E-state index is 0.0850. The van der Waals surface area contributed by atoms with Crippen LogP contribution >= 0.6 is 0 Å². The van der Waals surface area contributed by atoms with Crippen molar-refractivity contribution in [1.82, 2.24) is 5.32 Å². The zero-order valence-electron chi connectivity index (χ0n) is 11.5. The van der Waals surface area contributed by atoms with Gasteiger partial charge in [0.05, 0.1) is 6.54 Å². The molecule has 0 saturated heterocycles. The standard InChI is InChI=1S/C15H23N3O/c1-16-13-8-5-9-14(10-13)17-11-15(19)18-12-6-3-2-4-7-12/h5,8-10,12,16-17H,2-4,6-7,11H2,1H3,(H,18,19). The van der Waals surface area contributed by atoms with Crippen LogP contribution in [0, 0.1) is 0 Å². The molecule has 0 aromatic heterocycles.